The summed E-state index contributed by atoms with van der Waals surface area (Å²) in [4.78, 5) is 18.2. The van der Waals surface area contributed by atoms with E-state index in [2.05, 4.69) is 20.7 Å². The molecule has 7 heteroatoms. The zero-order valence-corrected chi connectivity index (χ0v) is 17.0. The van der Waals surface area contributed by atoms with Crippen LogP contribution in [-0.4, -0.2) is 43.2 Å². The van der Waals surface area contributed by atoms with Crippen LogP contribution >= 0.6 is 0 Å². The average Bonchev–Trinajstić information content (AvgIpc) is 3.14. The van der Waals surface area contributed by atoms with E-state index >= 15 is 0 Å². The largest absolute Gasteiger partial charge is 0.297 e. The van der Waals surface area contributed by atoms with Crippen molar-refractivity contribution in [3.05, 3.63) is 71.9 Å². The maximum atomic E-state index is 12.7. The van der Waals surface area contributed by atoms with Crippen molar-refractivity contribution in [2.45, 2.75) is 30.8 Å². The second kappa shape index (κ2) is 8.02. The molecular weight excluding hydrogens is 386 g/mol. The highest BCUT2D eigenvalue weighted by Gasteiger charge is 2.27. The van der Waals surface area contributed by atoms with Crippen LogP contribution in [0.3, 0.4) is 0 Å². The van der Waals surface area contributed by atoms with Gasteiger partial charge in [0.05, 0.1) is 10.4 Å². The lowest BCUT2D eigenvalue weighted by atomic mass is 10.1. The fraction of sp³-hybridized carbons (Fsp3) is 0.273. The summed E-state index contributed by atoms with van der Waals surface area (Å²) in [6.45, 7) is 3.70. The van der Waals surface area contributed by atoms with E-state index in [0.29, 0.717) is 12.1 Å². The molecular formula is C22H23N3O3S. The van der Waals surface area contributed by atoms with Gasteiger partial charge in [-0.2, -0.15) is 0 Å². The van der Waals surface area contributed by atoms with Crippen LogP contribution in [0.1, 0.15) is 29.3 Å². The number of rotatable bonds is 6. The van der Waals surface area contributed by atoms with Crippen LogP contribution in [0.5, 0.6) is 0 Å². The van der Waals surface area contributed by atoms with Crippen LogP contribution < -0.4 is 4.72 Å². The first-order chi connectivity index (χ1) is 13.9. The van der Waals surface area contributed by atoms with Gasteiger partial charge in [-0.3, -0.25) is 14.7 Å². The van der Waals surface area contributed by atoms with Gasteiger partial charge in [0.25, 0.3) is 0 Å². The molecule has 0 amide bonds. The Morgan fingerprint density at radius 1 is 1.14 bits per heavy atom. The van der Waals surface area contributed by atoms with Gasteiger partial charge in [0.2, 0.25) is 10.0 Å². The van der Waals surface area contributed by atoms with E-state index in [9.17, 15) is 13.2 Å². The van der Waals surface area contributed by atoms with Crippen LogP contribution in [0.15, 0.2) is 65.7 Å². The maximum absolute atomic E-state index is 12.7. The molecule has 2 heterocycles. The average molecular weight is 410 g/mol. The highest BCUT2D eigenvalue weighted by molar-refractivity contribution is 7.89. The highest BCUT2D eigenvalue weighted by Crippen LogP contribution is 2.21. The Labute approximate surface area is 170 Å². The number of nitrogens with zero attached hydrogens (tertiary/aromatic N) is 2. The minimum Gasteiger partial charge on any atom is -0.297 e. The molecule has 0 saturated carbocycles. The minimum atomic E-state index is -3.62. The van der Waals surface area contributed by atoms with Crippen LogP contribution in [0.25, 0.3) is 10.9 Å². The molecule has 1 N–H and O–H groups in total. The quantitative estimate of drug-likeness (QED) is 0.633. The molecule has 1 atom stereocenters. The molecule has 4 rings (SSSR count). The Balaban J connectivity index is 1.42. The zero-order chi connectivity index (χ0) is 20.4. The van der Waals surface area contributed by atoms with E-state index in [1.54, 1.807) is 12.1 Å². The first kappa shape index (κ1) is 19.7. The summed E-state index contributed by atoms with van der Waals surface area (Å²) in [7, 11) is -3.62. The van der Waals surface area contributed by atoms with Gasteiger partial charge in [0.15, 0.2) is 5.78 Å². The third-order valence-electron chi connectivity index (χ3n) is 5.30. The number of nitrogens with one attached hydrogen (secondary N) is 1. The second-order valence-electron chi connectivity index (χ2n) is 7.41. The zero-order valence-electron chi connectivity index (χ0n) is 16.2. The number of aromatic nitrogens is 1. The predicted molar refractivity (Wildman–Crippen MR) is 112 cm³/mol. The summed E-state index contributed by atoms with van der Waals surface area (Å²) in [5.74, 6) is -0.0861. The molecule has 1 aromatic heterocycles. The lowest BCUT2D eigenvalue weighted by molar-refractivity contribution is 0.101. The smallest absolute Gasteiger partial charge is 0.240 e. The van der Waals surface area contributed by atoms with Crippen molar-refractivity contribution in [1.29, 1.82) is 0 Å². The molecule has 1 aliphatic rings. The molecule has 3 aromatic rings. The molecule has 150 valence electrons. The lowest BCUT2D eigenvalue weighted by Gasteiger charge is -2.18. The summed E-state index contributed by atoms with van der Waals surface area (Å²) >= 11 is 0. The van der Waals surface area contributed by atoms with Crippen LogP contribution in [0.4, 0.5) is 0 Å². The van der Waals surface area contributed by atoms with Crippen molar-refractivity contribution in [2.75, 3.05) is 13.1 Å². The first-order valence-electron chi connectivity index (χ1n) is 9.61. The second-order valence-corrected chi connectivity index (χ2v) is 9.12. The third-order valence-corrected chi connectivity index (χ3v) is 6.84. The number of sulfonamides is 1. The van der Waals surface area contributed by atoms with E-state index in [4.69, 9.17) is 0 Å². The van der Waals surface area contributed by atoms with Crippen molar-refractivity contribution in [1.82, 2.24) is 14.6 Å². The Hall–Kier alpha value is -2.61. The first-order valence-corrected chi connectivity index (χ1v) is 11.1. The van der Waals surface area contributed by atoms with E-state index in [1.807, 2.05) is 30.5 Å². The summed E-state index contributed by atoms with van der Waals surface area (Å²) in [5, 5.41) is 1.13. The fourth-order valence-corrected chi connectivity index (χ4v) is 5.02. The van der Waals surface area contributed by atoms with E-state index < -0.39 is 10.0 Å². The number of pyridine rings is 1. The number of likely N-dealkylation sites (tertiary alicyclic amines) is 1. The molecule has 1 unspecified atom stereocenters. The van der Waals surface area contributed by atoms with Gasteiger partial charge < -0.3 is 0 Å². The Morgan fingerprint density at radius 3 is 2.66 bits per heavy atom. The molecule has 1 fully saturated rings. The third kappa shape index (κ3) is 4.37. The van der Waals surface area contributed by atoms with Gasteiger partial charge >= 0.3 is 0 Å². The number of fused-ring (bicyclic) bond motifs is 1. The number of ketones is 1. The molecule has 1 saturated heterocycles. The van der Waals surface area contributed by atoms with Crippen LogP contribution in [0.2, 0.25) is 0 Å². The normalized spacial score (nSPS) is 17.6. The van der Waals surface area contributed by atoms with Gasteiger partial charge in [-0.05, 0) is 43.2 Å². The number of carbonyl (C=O) groups is 1. The molecule has 1 aliphatic heterocycles. The predicted octanol–water partition coefficient (Wildman–Crippen LogP) is 2.99. The lowest BCUT2D eigenvalue weighted by Crippen LogP contribution is -2.37. The topological polar surface area (TPSA) is 79.4 Å². The number of hydrogen-bond acceptors (Lipinski definition) is 5. The number of carbonyl (C=O) groups excluding carboxylic acids is 1. The van der Waals surface area contributed by atoms with Crippen molar-refractivity contribution >= 4 is 26.7 Å². The minimum absolute atomic E-state index is 0.0861. The summed E-state index contributed by atoms with van der Waals surface area (Å²) in [6.07, 6.45) is 2.58. The van der Waals surface area contributed by atoms with Gasteiger partial charge in [-0.1, -0.05) is 30.3 Å². The Kier molecular flexibility index (Phi) is 5.45. The van der Waals surface area contributed by atoms with Crippen LogP contribution in [0, 0.1) is 0 Å². The van der Waals surface area contributed by atoms with Gasteiger partial charge in [0.1, 0.15) is 0 Å². The number of Topliss-reactive ketones (excluding diaryl/α,β-unsaturated/α-hetero) is 1. The summed E-state index contributed by atoms with van der Waals surface area (Å²) < 4.78 is 28.2. The SMILES string of the molecule is CC(=O)c1ccc(S(=O)(=O)NC2CCN(Cc3ccnc4ccccc34)C2)cc1. The standard InChI is InChI=1S/C22H23N3O3S/c1-16(26)17-6-8-20(9-7-17)29(27,28)24-19-11-13-25(15-19)14-18-10-12-23-22-5-3-2-4-21(18)22/h2-10,12,19,24H,11,13-15H2,1H3. The van der Waals surface area contributed by atoms with Crippen molar-refractivity contribution in [2.24, 2.45) is 0 Å². The fourth-order valence-electron chi connectivity index (χ4n) is 3.76. The highest BCUT2D eigenvalue weighted by atomic mass is 32.2. The van der Waals surface area contributed by atoms with Crippen molar-refractivity contribution in [3.63, 3.8) is 0 Å². The van der Waals surface area contributed by atoms with E-state index in [-0.39, 0.29) is 16.7 Å². The number of benzene rings is 2. The number of hydrogen-bond donors (Lipinski definition) is 1. The molecule has 0 bridgehead atoms. The van der Waals surface area contributed by atoms with Gasteiger partial charge in [-0.25, -0.2) is 13.1 Å². The Bertz CT molecular complexity index is 1140. The molecule has 29 heavy (non-hydrogen) atoms. The van der Waals surface area contributed by atoms with Crippen molar-refractivity contribution < 1.29 is 13.2 Å². The molecule has 0 radical (unpaired) electrons. The van der Waals surface area contributed by atoms with E-state index in [0.717, 1.165) is 30.4 Å². The maximum Gasteiger partial charge on any atom is 0.240 e. The molecule has 6 nitrogen and oxygen atoms in total. The van der Waals surface area contributed by atoms with Gasteiger partial charge in [0, 0.05) is 42.8 Å². The van der Waals surface area contributed by atoms with Gasteiger partial charge in [-0.15, -0.1) is 0 Å². The monoisotopic (exact) mass is 409 g/mol. The van der Waals surface area contributed by atoms with E-state index in [1.165, 1.54) is 24.6 Å². The van der Waals surface area contributed by atoms with Crippen molar-refractivity contribution in [3.8, 4) is 0 Å². The van der Waals surface area contributed by atoms with Crippen LogP contribution in [-0.2, 0) is 16.6 Å². The molecule has 2 aromatic carbocycles. The summed E-state index contributed by atoms with van der Waals surface area (Å²) in [6, 6.07) is 16.0. The molecule has 0 aliphatic carbocycles. The number of para-hydroxylation sites is 1. The molecule has 0 spiro atoms. The Morgan fingerprint density at radius 2 is 1.90 bits per heavy atom. The summed E-state index contributed by atoms with van der Waals surface area (Å²) in [5.41, 5.74) is 2.66.